The quantitative estimate of drug-likeness (QED) is 0.320. The number of amides is 2. The summed E-state index contributed by atoms with van der Waals surface area (Å²) in [5.41, 5.74) is 1.95. The molecule has 2 N–H and O–H groups in total. The molecule has 3 aromatic heterocycles. The van der Waals surface area contributed by atoms with Crippen LogP contribution in [0.25, 0.3) is 0 Å². The van der Waals surface area contributed by atoms with E-state index in [0.717, 1.165) is 10.4 Å². The molecule has 1 fully saturated rings. The molecule has 0 radical (unpaired) electrons. The summed E-state index contributed by atoms with van der Waals surface area (Å²) in [6, 6.07) is 14.6. The molecule has 1 aromatic carbocycles. The average molecular weight is 516 g/mol. The molecule has 4 aromatic rings. The van der Waals surface area contributed by atoms with Crippen LogP contribution in [0.5, 0.6) is 0 Å². The third kappa shape index (κ3) is 4.53. The maximum Gasteiger partial charge on any atom is 0.327 e. The number of nitrogens with zero attached hydrogens (tertiary/aromatic N) is 2. The van der Waals surface area contributed by atoms with Crippen LogP contribution in [-0.2, 0) is 4.79 Å². The molecule has 4 atom stereocenters. The minimum Gasteiger partial charge on any atom is -0.480 e. The lowest BCUT2D eigenvalue weighted by molar-refractivity contribution is -0.142. The molecule has 0 bridgehead atoms. The lowest BCUT2D eigenvalue weighted by atomic mass is 9.79. The SMILES string of the molecule is Cc1ccc(C(=O)C2C(c3sccc3C)C(C(=O)O)N(C(=O)Nc3ccccc3)C2c2cccnc2)o1. The first-order valence-corrected chi connectivity index (χ1v) is 12.7. The molecule has 1 saturated heterocycles. The van der Waals surface area contributed by atoms with Gasteiger partial charge in [0.25, 0.3) is 0 Å². The Balaban J connectivity index is 1.71. The molecule has 0 saturated carbocycles. The van der Waals surface area contributed by atoms with Gasteiger partial charge < -0.3 is 19.7 Å². The predicted octanol–water partition coefficient (Wildman–Crippen LogP) is 5.68. The zero-order valence-corrected chi connectivity index (χ0v) is 21.0. The highest BCUT2D eigenvalue weighted by molar-refractivity contribution is 7.10. The molecule has 0 aliphatic carbocycles. The van der Waals surface area contributed by atoms with E-state index in [9.17, 15) is 19.5 Å². The fourth-order valence-electron chi connectivity index (χ4n) is 5.14. The van der Waals surface area contributed by atoms with Gasteiger partial charge in [0.2, 0.25) is 5.78 Å². The van der Waals surface area contributed by atoms with Gasteiger partial charge in [0.15, 0.2) is 5.76 Å². The van der Waals surface area contributed by atoms with E-state index in [1.54, 1.807) is 67.8 Å². The average Bonchev–Trinajstić information content (AvgIpc) is 3.61. The number of urea groups is 1. The number of Topliss-reactive ketones (excluding diaryl/α,β-unsaturated/α-hetero) is 1. The Kier molecular flexibility index (Phi) is 6.62. The summed E-state index contributed by atoms with van der Waals surface area (Å²) in [6.07, 6.45) is 3.17. The first-order valence-electron chi connectivity index (χ1n) is 11.8. The van der Waals surface area contributed by atoms with Crippen LogP contribution in [-0.4, -0.2) is 38.8 Å². The number of benzene rings is 1. The first kappa shape index (κ1) is 24.5. The number of aliphatic carboxylic acids is 1. The van der Waals surface area contributed by atoms with Crippen molar-refractivity contribution >= 4 is 34.8 Å². The minimum atomic E-state index is -1.31. The lowest BCUT2D eigenvalue weighted by Crippen LogP contribution is -2.45. The Morgan fingerprint density at radius 1 is 1.03 bits per heavy atom. The topological polar surface area (TPSA) is 113 Å². The molecule has 188 valence electrons. The number of carboxylic acids is 1. The minimum absolute atomic E-state index is 0.130. The molecule has 1 aliphatic rings. The van der Waals surface area contributed by atoms with Crippen LogP contribution >= 0.6 is 11.3 Å². The number of likely N-dealkylation sites (tertiary alicyclic amines) is 1. The number of nitrogens with one attached hydrogen (secondary N) is 1. The summed E-state index contributed by atoms with van der Waals surface area (Å²) in [5.74, 6) is -2.58. The maximum atomic E-state index is 14.1. The van der Waals surface area contributed by atoms with E-state index in [1.807, 2.05) is 24.4 Å². The summed E-state index contributed by atoms with van der Waals surface area (Å²) in [7, 11) is 0. The molecule has 1 aliphatic heterocycles. The number of hydrogen-bond acceptors (Lipinski definition) is 6. The van der Waals surface area contributed by atoms with Crippen LogP contribution in [0.4, 0.5) is 10.5 Å². The fourth-order valence-corrected chi connectivity index (χ4v) is 6.24. The van der Waals surface area contributed by atoms with Crippen molar-refractivity contribution in [2.24, 2.45) is 5.92 Å². The Labute approximate surface area is 217 Å². The van der Waals surface area contributed by atoms with E-state index in [-0.39, 0.29) is 11.5 Å². The summed E-state index contributed by atoms with van der Waals surface area (Å²) in [6.45, 7) is 3.62. The smallest absolute Gasteiger partial charge is 0.327 e. The number of anilines is 1. The zero-order chi connectivity index (χ0) is 26.1. The molecule has 9 heteroatoms. The number of aryl methyl sites for hydroxylation is 2. The number of aromatic nitrogens is 1. The Morgan fingerprint density at radius 2 is 1.81 bits per heavy atom. The van der Waals surface area contributed by atoms with Crippen molar-refractivity contribution < 1.29 is 23.9 Å². The monoisotopic (exact) mass is 515 g/mol. The number of carbonyl (C=O) groups is 3. The summed E-state index contributed by atoms with van der Waals surface area (Å²) in [4.78, 5) is 47.1. The van der Waals surface area contributed by atoms with Crippen molar-refractivity contribution in [2.75, 3.05) is 5.32 Å². The van der Waals surface area contributed by atoms with E-state index in [1.165, 1.54) is 16.2 Å². The number of hydrogen-bond donors (Lipinski definition) is 2. The second-order valence-electron chi connectivity index (χ2n) is 9.01. The molecule has 4 unspecified atom stereocenters. The van der Waals surface area contributed by atoms with E-state index in [4.69, 9.17) is 4.42 Å². The van der Waals surface area contributed by atoms with E-state index in [0.29, 0.717) is 17.0 Å². The van der Waals surface area contributed by atoms with E-state index < -0.39 is 35.9 Å². The molecular formula is C28H25N3O5S. The Bertz CT molecular complexity index is 1430. The standard InChI is InChI=1S/C28H25N3O5S/c1-16-12-14-37-26(16)22-21(25(32)20-11-10-17(2)36-20)23(18-7-6-13-29-15-18)31(24(22)27(33)34)28(35)30-19-8-4-3-5-9-19/h3-15,21-24H,1-2H3,(H,30,35)(H,33,34). The summed E-state index contributed by atoms with van der Waals surface area (Å²) in [5, 5.41) is 15.2. The molecule has 37 heavy (non-hydrogen) atoms. The number of ketones is 1. The van der Waals surface area contributed by atoms with Crippen LogP contribution in [0.15, 0.2) is 82.9 Å². The number of pyridine rings is 1. The van der Waals surface area contributed by atoms with Crippen molar-refractivity contribution in [1.82, 2.24) is 9.88 Å². The van der Waals surface area contributed by atoms with Gasteiger partial charge in [0, 0.05) is 28.9 Å². The van der Waals surface area contributed by atoms with E-state index in [2.05, 4.69) is 10.3 Å². The van der Waals surface area contributed by atoms with Crippen LogP contribution in [0.2, 0.25) is 0 Å². The number of thiophene rings is 1. The largest absolute Gasteiger partial charge is 0.480 e. The second kappa shape index (κ2) is 10.0. The number of carboxylic acid groups (broad SMARTS) is 1. The molecular weight excluding hydrogens is 490 g/mol. The molecule has 4 heterocycles. The zero-order valence-electron chi connectivity index (χ0n) is 20.2. The van der Waals surface area contributed by atoms with Crippen LogP contribution < -0.4 is 5.32 Å². The van der Waals surface area contributed by atoms with Crippen molar-refractivity contribution in [3.63, 3.8) is 0 Å². The van der Waals surface area contributed by atoms with Gasteiger partial charge in [-0.15, -0.1) is 11.3 Å². The van der Waals surface area contributed by atoms with Gasteiger partial charge >= 0.3 is 12.0 Å². The lowest BCUT2D eigenvalue weighted by Gasteiger charge is -2.30. The Hall–Kier alpha value is -4.24. The third-order valence-electron chi connectivity index (χ3n) is 6.70. The molecule has 5 rings (SSSR count). The Morgan fingerprint density at radius 3 is 2.41 bits per heavy atom. The summed E-state index contributed by atoms with van der Waals surface area (Å²) >= 11 is 1.38. The third-order valence-corrected chi connectivity index (χ3v) is 7.82. The van der Waals surface area contributed by atoms with Gasteiger partial charge in [-0.3, -0.25) is 9.78 Å². The van der Waals surface area contributed by atoms with Crippen LogP contribution in [0.3, 0.4) is 0 Å². The summed E-state index contributed by atoms with van der Waals surface area (Å²) < 4.78 is 5.70. The van der Waals surface area contributed by atoms with Crippen molar-refractivity contribution in [2.45, 2.75) is 31.8 Å². The molecule has 8 nitrogen and oxygen atoms in total. The number of rotatable bonds is 6. The molecule has 2 amide bonds. The van der Waals surface area contributed by atoms with Crippen molar-refractivity contribution in [3.8, 4) is 0 Å². The second-order valence-corrected chi connectivity index (χ2v) is 9.96. The van der Waals surface area contributed by atoms with Crippen LogP contribution in [0.1, 0.15) is 44.3 Å². The first-order chi connectivity index (χ1) is 17.9. The maximum absolute atomic E-state index is 14.1. The van der Waals surface area contributed by atoms with E-state index >= 15 is 0 Å². The predicted molar refractivity (Wildman–Crippen MR) is 139 cm³/mol. The van der Waals surface area contributed by atoms with Gasteiger partial charge in [0.05, 0.1) is 12.0 Å². The van der Waals surface area contributed by atoms with Gasteiger partial charge in [-0.1, -0.05) is 24.3 Å². The number of furan rings is 1. The van der Waals surface area contributed by atoms with Crippen molar-refractivity contribution in [3.05, 3.63) is 106 Å². The number of para-hydroxylation sites is 1. The van der Waals surface area contributed by atoms with Gasteiger partial charge in [-0.2, -0.15) is 0 Å². The number of carbonyl (C=O) groups excluding carboxylic acids is 2. The van der Waals surface area contributed by atoms with Gasteiger partial charge in [-0.25, -0.2) is 9.59 Å². The highest BCUT2D eigenvalue weighted by atomic mass is 32.1. The fraction of sp³-hybridized carbons (Fsp3) is 0.214. The normalized spacial score (nSPS) is 21.1. The van der Waals surface area contributed by atoms with Crippen molar-refractivity contribution in [1.29, 1.82) is 0 Å². The van der Waals surface area contributed by atoms with Crippen LogP contribution in [0, 0.1) is 19.8 Å². The molecule has 0 spiro atoms. The van der Waals surface area contributed by atoms with Gasteiger partial charge in [-0.05, 0) is 66.8 Å². The highest BCUT2D eigenvalue weighted by Gasteiger charge is 2.59. The van der Waals surface area contributed by atoms with Gasteiger partial charge in [0.1, 0.15) is 11.8 Å². The highest BCUT2D eigenvalue weighted by Crippen LogP contribution is 2.53.